The molecule has 0 aromatic heterocycles. The van der Waals surface area contributed by atoms with Crippen molar-refractivity contribution in [1.82, 2.24) is 10.2 Å². The summed E-state index contributed by atoms with van der Waals surface area (Å²) in [4.78, 5) is 26.8. The van der Waals surface area contributed by atoms with Crippen molar-refractivity contribution in [3.8, 4) is 5.75 Å². The Balaban J connectivity index is 1.65. The Morgan fingerprint density at radius 3 is 2.52 bits per heavy atom. The summed E-state index contributed by atoms with van der Waals surface area (Å²) in [6.45, 7) is 5.98. The lowest BCUT2D eigenvalue weighted by Crippen LogP contribution is -2.28. The van der Waals surface area contributed by atoms with Gasteiger partial charge in [-0.05, 0) is 54.2 Å². The Hall–Kier alpha value is -2.82. The van der Waals surface area contributed by atoms with Crippen molar-refractivity contribution in [3.63, 3.8) is 0 Å². The highest BCUT2D eigenvalue weighted by molar-refractivity contribution is 5.97. The van der Waals surface area contributed by atoms with Crippen LogP contribution in [0.2, 0.25) is 0 Å². The number of rotatable bonds is 5. The van der Waals surface area contributed by atoms with Crippen LogP contribution in [0, 0.1) is 0 Å². The van der Waals surface area contributed by atoms with Crippen molar-refractivity contribution in [2.45, 2.75) is 39.2 Å². The SMILES string of the molecule is CC(C)c1ccc(C(=O)NCc2cccc(C(=O)N3CCCC3)c2)c(O)c1. The van der Waals surface area contributed by atoms with Crippen LogP contribution in [0.1, 0.15) is 64.4 Å². The number of hydrogen-bond donors (Lipinski definition) is 2. The van der Waals surface area contributed by atoms with Gasteiger partial charge in [-0.15, -0.1) is 0 Å². The Morgan fingerprint density at radius 1 is 1.11 bits per heavy atom. The minimum absolute atomic E-state index is 0.0170. The maximum absolute atomic E-state index is 12.5. The molecule has 0 atom stereocenters. The zero-order valence-electron chi connectivity index (χ0n) is 15.9. The molecule has 0 aliphatic carbocycles. The van der Waals surface area contributed by atoms with E-state index in [4.69, 9.17) is 0 Å². The van der Waals surface area contributed by atoms with E-state index in [1.54, 1.807) is 12.1 Å². The van der Waals surface area contributed by atoms with E-state index in [0.717, 1.165) is 37.1 Å². The van der Waals surface area contributed by atoms with Crippen LogP contribution >= 0.6 is 0 Å². The Morgan fingerprint density at radius 2 is 1.85 bits per heavy atom. The van der Waals surface area contributed by atoms with E-state index >= 15 is 0 Å². The first-order valence-corrected chi connectivity index (χ1v) is 9.45. The highest BCUT2D eigenvalue weighted by Crippen LogP contribution is 2.23. The number of aromatic hydroxyl groups is 1. The largest absolute Gasteiger partial charge is 0.507 e. The summed E-state index contributed by atoms with van der Waals surface area (Å²) in [5.41, 5.74) is 2.74. The maximum atomic E-state index is 12.5. The van der Waals surface area contributed by atoms with Crippen LogP contribution < -0.4 is 5.32 Å². The summed E-state index contributed by atoms with van der Waals surface area (Å²) in [6.07, 6.45) is 2.11. The molecule has 1 fully saturated rings. The predicted molar refractivity (Wildman–Crippen MR) is 105 cm³/mol. The second kappa shape index (κ2) is 8.25. The van der Waals surface area contributed by atoms with Crippen LogP contribution in [0.5, 0.6) is 5.75 Å². The number of benzene rings is 2. The molecule has 1 aliphatic rings. The minimum Gasteiger partial charge on any atom is -0.507 e. The van der Waals surface area contributed by atoms with Crippen molar-refractivity contribution < 1.29 is 14.7 Å². The number of nitrogens with one attached hydrogen (secondary N) is 1. The zero-order valence-corrected chi connectivity index (χ0v) is 15.9. The third-order valence-electron chi connectivity index (χ3n) is 4.95. The van der Waals surface area contributed by atoms with Crippen molar-refractivity contribution >= 4 is 11.8 Å². The Labute approximate surface area is 160 Å². The van der Waals surface area contributed by atoms with Crippen LogP contribution in [0.3, 0.4) is 0 Å². The van der Waals surface area contributed by atoms with E-state index < -0.39 is 0 Å². The molecule has 27 heavy (non-hydrogen) atoms. The average Bonchev–Trinajstić information content (AvgIpc) is 3.20. The summed E-state index contributed by atoms with van der Waals surface area (Å²) < 4.78 is 0. The number of amides is 2. The number of carbonyl (C=O) groups excluding carboxylic acids is 2. The fourth-order valence-corrected chi connectivity index (χ4v) is 3.29. The van der Waals surface area contributed by atoms with E-state index in [-0.39, 0.29) is 29.0 Å². The number of hydrogen-bond acceptors (Lipinski definition) is 3. The molecule has 3 rings (SSSR count). The summed E-state index contributed by atoms with van der Waals surface area (Å²) in [7, 11) is 0. The van der Waals surface area contributed by atoms with Crippen LogP contribution in [-0.2, 0) is 6.54 Å². The molecule has 2 aromatic carbocycles. The first-order chi connectivity index (χ1) is 13.0. The topological polar surface area (TPSA) is 69.6 Å². The molecular formula is C22H26N2O3. The molecule has 5 heteroatoms. The van der Waals surface area contributed by atoms with Gasteiger partial charge < -0.3 is 15.3 Å². The highest BCUT2D eigenvalue weighted by atomic mass is 16.3. The van der Waals surface area contributed by atoms with Crippen LogP contribution in [-0.4, -0.2) is 34.9 Å². The number of phenols is 1. The lowest BCUT2D eigenvalue weighted by molar-refractivity contribution is 0.0792. The fourth-order valence-electron chi connectivity index (χ4n) is 3.29. The second-order valence-corrected chi connectivity index (χ2v) is 7.31. The lowest BCUT2D eigenvalue weighted by Gasteiger charge is -2.16. The van der Waals surface area contributed by atoms with Gasteiger partial charge in [-0.1, -0.05) is 32.0 Å². The number of likely N-dealkylation sites (tertiary alicyclic amines) is 1. The highest BCUT2D eigenvalue weighted by Gasteiger charge is 2.19. The van der Waals surface area contributed by atoms with Gasteiger partial charge in [0.15, 0.2) is 0 Å². The van der Waals surface area contributed by atoms with Gasteiger partial charge >= 0.3 is 0 Å². The fraction of sp³-hybridized carbons (Fsp3) is 0.364. The van der Waals surface area contributed by atoms with Crippen LogP contribution in [0.4, 0.5) is 0 Å². The molecule has 2 aromatic rings. The lowest BCUT2D eigenvalue weighted by atomic mass is 10.0. The Bertz CT molecular complexity index is 839. The molecule has 0 saturated carbocycles. The van der Waals surface area contributed by atoms with Gasteiger partial charge in [0.2, 0.25) is 0 Å². The maximum Gasteiger partial charge on any atom is 0.255 e. The molecular weight excluding hydrogens is 340 g/mol. The van der Waals surface area contributed by atoms with Crippen molar-refractivity contribution in [2.75, 3.05) is 13.1 Å². The van der Waals surface area contributed by atoms with Gasteiger partial charge in [0.1, 0.15) is 5.75 Å². The normalized spacial score (nSPS) is 13.8. The summed E-state index contributed by atoms with van der Waals surface area (Å²) in [6, 6.07) is 12.5. The van der Waals surface area contributed by atoms with Gasteiger partial charge in [-0.2, -0.15) is 0 Å². The first-order valence-electron chi connectivity index (χ1n) is 9.45. The molecule has 5 nitrogen and oxygen atoms in total. The smallest absolute Gasteiger partial charge is 0.255 e. The van der Waals surface area contributed by atoms with Gasteiger partial charge in [0.05, 0.1) is 5.56 Å². The van der Waals surface area contributed by atoms with Crippen molar-refractivity contribution in [3.05, 3.63) is 64.7 Å². The minimum atomic E-state index is -0.334. The molecule has 142 valence electrons. The number of nitrogens with zero attached hydrogens (tertiary/aromatic N) is 1. The quantitative estimate of drug-likeness (QED) is 0.848. The van der Waals surface area contributed by atoms with Gasteiger partial charge in [-0.25, -0.2) is 0 Å². The standard InChI is InChI=1S/C22H26N2O3/c1-15(2)17-8-9-19(20(25)13-17)21(26)23-14-16-6-5-7-18(12-16)22(27)24-10-3-4-11-24/h5-9,12-13,15,25H,3-4,10-11,14H2,1-2H3,(H,23,26). The van der Waals surface area contributed by atoms with E-state index in [1.165, 1.54) is 0 Å². The Kier molecular flexibility index (Phi) is 5.79. The molecule has 0 spiro atoms. The van der Waals surface area contributed by atoms with E-state index in [1.807, 2.05) is 49.1 Å². The van der Waals surface area contributed by atoms with Gasteiger partial charge in [0.25, 0.3) is 11.8 Å². The predicted octanol–water partition coefficient (Wildman–Crippen LogP) is 3.68. The van der Waals surface area contributed by atoms with E-state index in [9.17, 15) is 14.7 Å². The van der Waals surface area contributed by atoms with E-state index in [2.05, 4.69) is 5.32 Å². The molecule has 1 aliphatic heterocycles. The number of carbonyl (C=O) groups is 2. The summed E-state index contributed by atoms with van der Waals surface area (Å²) >= 11 is 0. The van der Waals surface area contributed by atoms with Crippen LogP contribution in [0.25, 0.3) is 0 Å². The molecule has 2 N–H and O–H groups in total. The monoisotopic (exact) mass is 366 g/mol. The van der Waals surface area contributed by atoms with Crippen molar-refractivity contribution in [1.29, 1.82) is 0 Å². The molecule has 1 heterocycles. The molecule has 0 unspecified atom stereocenters. The number of phenolic OH excluding ortho intramolecular Hbond substituents is 1. The second-order valence-electron chi connectivity index (χ2n) is 7.31. The molecule has 0 bridgehead atoms. The zero-order chi connectivity index (χ0) is 19.4. The molecule has 0 radical (unpaired) electrons. The third-order valence-corrected chi connectivity index (χ3v) is 4.95. The first kappa shape index (κ1) is 19.0. The molecule has 1 saturated heterocycles. The molecule has 2 amide bonds. The average molecular weight is 366 g/mol. The van der Waals surface area contributed by atoms with Gasteiger partial charge in [-0.3, -0.25) is 9.59 Å². The van der Waals surface area contributed by atoms with Gasteiger partial charge in [0, 0.05) is 25.2 Å². The van der Waals surface area contributed by atoms with Crippen molar-refractivity contribution in [2.24, 2.45) is 0 Å². The summed E-state index contributed by atoms with van der Waals surface area (Å²) in [5.74, 6) is -0.0257. The van der Waals surface area contributed by atoms with E-state index in [0.29, 0.717) is 12.1 Å². The summed E-state index contributed by atoms with van der Waals surface area (Å²) in [5, 5.41) is 13.0. The third kappa shape index (κ3) is 4.48. The van der Waals surface area contributed by atoms with Crippen LogP contribution in [0.15, 0.2) is 42.5 Å².